The Balaban J connectivity index is 2.30. The molecule has 1 aromatic carbocycles. The minimum atomic E-state index is -0.126. The first-order valence-corrected chi connectivity index (χ1v) is 6.43. The van der Waals surface area contributed by atoms with Crippen molar-refractivity contribution < 1.29 is 9.59 Å². The minimum absolute atomic E-state index is 0.0164. The monoisotopic (exact) mass is 345 g/mol. The second kappa shape index (κ2) is 4.67. The number of carbonyl (C=O) groups is 2. The second-order valence-electron chi connectivity index (χ2n) is 3.61. The number of piperidine rings is 1. The predicted octanol–water partition coefficient (Wildman–Crippen LogP) is 2.91. The van der Waals surface area contributed by atoms with Crippen LogP contribution >= 0.6 is 31.9 Å². The number of nitrogens with zero attached hydrogens (tertiary/aromatic N) is 1. The largest absolute Gasteiger partial charge is 0.310 e. The molecule has 1 amide bonds. The molecule has 0 aromatic heterocycles. The smallest absolute Gasteiger partial charge is 0.234 e. The van der Waals surface area contributed by atoms with Gasteiger partial charge in [0.15, 0.2) is 0 Å². The molecule has 1 aliphatic heterocycles. The van der Waals surface area contributed by atoms with E-state index >= 15 is 0 Å². The van der Waals surface area contributed by atoms with Crippen LogP contribution < -0.4 is 4.90 Å². The van der Waals surface area contributed by atoms with Crippen LogP contribution in [-0.4, -0.2) is 18.2 Å². The lowest BCUT2D eigenvalue weighted by molar-refractivity contribution is -0.128. The minimum Gasteiger partial charge on any atom is -0.310 e. The summed E-state index contributed by atoms with van der Waals surface area (Å²) < 4.78 is 1.80. The van der Waals surface area contributed by atoms with E-state index in [0.717, 1.165) is 14.6 Å². The maximum atomic E-state index is 11.7. The Bertz CT molecular complexity index is 459. The first kappa shape index (κ1) is 11.8. The molecule has 0 atom stereocenters. The summed E-state index contributed by atoms with van der Waals surface area (Å²) in [6.07, 6.45) is 0.455. The van der Waals surface area contributed by atoms with Gasteiger partial charge in [0.05, 0.1) is 12.1 Å². The number of rotatable bonds is 1. The zero-order chi connectivity index (χ0) is 11.7. The Morgan fingerprint density at radius 2 is 1.94 bits per heavy atom. The van der Waals surface area contributed by atoms with Crippen LogP contribution in [-0.2, 0) is 9.59 Å². The number of anilines is 1. The van der Waals surface area contributed by atoms with Crippen LogP contribution in [0.1, 0.15) is 12.8 Å². The molecule has 0 unspecified atom stereocenters. The molecule has 0 bridgehead atoms. The number of amides is 1. The summed E-state index contributed by atoms with van der Waals surface area (Å²) in [4.78, 5) is 24.5. The van der Waals surface area contributed by atoms with Crippen molar-refractivity contribution in [1.82, 2.24) is 0 Å². The Kier molecular flexibility index (Phi) is 3.44. The fraction of sp³-hybridized carbons (Fsp3) is 0.273. The van der Waals surface area contributed by atoms with Crippen molar-refractivity contribution in [3.8, 4) is 0 Å². The van der Waals surface area contributed by atoms with Crippen molar-refractivity contribution in [3.63, 3.8) is 0 Å². The van der Waals surface area contributed by atoms with Crippen molar-refractivity contribution in [2.75, 3.05) is 11.4 Å². The van der Waals surface area contributed by atoms with Crippen molar-refractivity contribution in [3.05, 3.63) is 27.1 Å². The van der Waals surface area contributed by atoms with Crippen molar-refractivity contribution in [2.24, 2.45) is 0 Å². The molecule has 1 heterocycles. The fourth-order valence-corrected chi connectivity index (χ4v) is 2.93. The highest BCUT2D eigenvalue weighted by Gasteiger charge is 2.25. The third-order valence-electron chi connectivity index (χ3n) is 2.46. The Morgan fingerprint density at radius 3 is 2.56 bits per heavy atom. The summed E-state index contributed by atoms with van der Waals surface area (Å²) in [7, 11) is 0. The molecule has 16 heavy (non-hydrogen) atoms. The molecular weight excluding hydrogens is 338 g/mol. The summed E-state index contributed by atoms with van der Waals surface area (Å²) in [5.41, 5.74) is 0.820. The van der Waals surface area contributed by atoms with Crippen LogP contribution in [0.5, 0.6) is 0 Å². The summed E-state index contributed by atoms with van der Waals surface area (Å²) in [6, 6.07) is 5.63. The topological polar surface area (TPSA) is 37.4 Å². The summed E-state index contributed by atoms with van der Waals surface area (Å²) in [5, 5.41) is 0. The third kappa shape index (κ3) is 2.35. The molecule has 0 N–H and O–H groups in total. The van der Waals surface area contributed by atoms with Crippen molar-refractivity contribution in [1.29, 1.82) is 0 Å². The average molecular weight is 347 g/mol. The van der Waals surface area contributed by atoms with Gasteiger partial charge in [0, 0.05) is 21.9 Å². The van der Waals surface area contributed by atoms with Crippen LogP contribution in [0, 0.1) is 0 Å². The van der Waals surface area contributed by atoms with E-state index in [1.54, 1.807) is 4.90 Å². The molecule has 0 spiro atoms. The predicted molar refractivity (Wildman–Crippen MR) is 68.4 cm³/mol. The molecule has 1 saturated heterocycles. The van der Waals surface area contributed by atoms with E-state index in [9.17, 15) is 9.59 Å². The van der Waals surface area contributed by atoms with E-state index in [-0.39, 0.29) is 18.1 Å². The van der Waals surface area contributed by atoms with E-state index in [4.69, 9.17) is 0 Å². The van der Waals surface area contributed by atoms with Gasteiger partial charge in [-0.3, -0.25) is 9.59 Å². The van der Waals surface area contributed by atoms with Gasteiger partial charge < -0.3 is 4.90 Å². The molecule has 1 fully saturated rings. The quantitative estimate of drug-likeness (QED) is 0.733. The second-order valence-corrected chi connectivity index (χ2v) is 5.38. The number of hydrogen-bond donors (Lipinski definition) is 0. The van der Waals surface area contributed by atoms with Crippen LogP contribution in [0.4, 0.5) is 5.69 Å². The van der Waals surface area contributed by atoms with Crippen LogP contribution in [0.25, 0.3) is 0 Å². The van der Waals surface area contributed by atoms with E-state index in [0.29, 0.717) is 13.0 Å². The number of ketones is 1. The molecule has 0 radical (unpaired) electrons. The number of hydrogen-bond acceptors (Lipinski definition) is 2. The van der Waals surface area contributed by atoms with E-state index < -0.39 is 0 Å². The van der Waals surface area contributed by atoms with Gasteiger partial charge in [0.25, 0.3) is 0 Å². The van der Waals surface area contributed by atoms with Gasteiger partial charge in [-0.2, -0.15) is 0 Å². The number of Topliss-reactive ketones (excluding diaryl/α,β-unsaturated/α-hetero) is 1. The molecular formula is C11H9Br2NO2. The van der Waals surface area contributed by atoms with E-state index in [2.05, 4.69) is 31.9 Å². The average Bonchev–Trinajstić information content (AvgIpc) is 2.19. The molecule has 84 valence electrons. The van der Waals surface area contributed by atoms with Crippen LogP contribution in [0.2, 0.25) is 0 Å². The molecule has 0 saturated carbocycles. The molecule has 3 nitrogen and oxygen atoms in total. The zero-order valence-corrected chi connectivity index (χ0v) is 11.5. The van der Waals surface area contributed by atoms with Gasteiger partial charge in [-0.25, -0.2) is 0 Å². The Labute approximate surface area is 110 Å². The van der Waals surface area contributed by atoms with Gasteiger partial charge in [0.2, 0.25) is 5.91 Å². The van der Waals surface area contributed by atoms with Gasteiger partial charge in [-0.05, 0) is 34.1 Å². The van der Waals surface area contributed by atoms with E-state index in [1.165, 1.54) is 0 Å². The highest BCUT2D eigenvalue weighted by Crippen LogP contribution is 2.31. The highest BCUT2D eigenvalue weighted by molar-refractivity contribution is 9.11. The summed E-state index contributed by atoms with van der Waals surface area (Å²) in [5.74, 6) is -0.103. The lowest BCUT2D eigenvalue weighted by Crippen LogP contribution is -2.39. The van der Waals surface area contributed by atoms with Crippen molar-refractivity contribution in [2.45, 2.75) is 12.8 Å². The first-order valence-electron chi connectivity index (χ1n) is 4.85. The first-order chi connectivity index (χ1) is 7.58. The molecule has 1 aliphatic rings. The highest BCUT2D eigenvalue weighted by atomic mass is 79.9. The van der Waals surface area contributed by atoms with Crippen LogP contribution in [0.15, 0.2) is 27.1 Å². The SMILES string of the molecule is O=C1CCN(c2ccc(Br)cc2Br)C(=O)C1. The molecule has 0 aliphatic carbocycles. The van der Waals surface area contributed by atoms with E-state index in [1.807, 2.05) is 18.2 Å². The van der Waals surface area contributed by atoms with Crippen molar-refractivity contribution >= 4 is 49.2 Å². The molecule has 5 heteroatoms. The van der Waals surface area contributed by atoms with Gasteiger partial charge in [-0.15, -0.1) is 0 Å². The van der Waals surface area contributed by atoms with Gasteiger partial charge in [0.1, 0.15) is 5.78 Å². The Hall–Kier alpha value is -0.680. The fourth-order valence-electron chi connectivity index (χ4n) is 1.67. The third-order valence-corrected chi connectivity index (χ3v) is 3.59. The number of halogens is 2. The number of carbonyl (C=O) groups excluding carboxylic acids is 2. The maximum Gasteiger partial charge on any atom is 0.234 e. The lowest BCUT2D eigenvalue weighted by atomic mass is 10.1. The standard InChI is InChI=1S/C11H9Br2NO2/c12-7-1-2-10(9(13)5-7)14-4-3-8(15)6-11(14)16/h1-2,5H,3-4,6H2. The normalized spacial score (nSPS) is 16.8. The summed E-state index contributed by atoms with van der Waals surface area (Å²) >= 11 is 6.77. The zero-order valence-electron chi connectivity index (χ0n) is 8.37. The number of benzene rings is 1. The summed E-state index contributed by atoms with van der Waals surface area (Å²) in [6.45, 7) is 0.470. The molecule has 2 rings (SSSR count). The van der Waals surface area contributed by atoms with Crippen LogP contribution in [0.3, 0.4) is 0 Å². The Morgan fingerprint density at radius 1 is 1.19 bits per heavy atom. The molecule has 1 aromatic rings. The lowest BCUT2D eigenvalue weighted by Gasteiger charge is -2.27. The van der Waals surface area contributed by atoms with Gasteiger partial charge in [-0.1, -0.05) is 15.9 Å². The maximum absolute atomic E-state index is 11.7. The van der Waals surface area contributed by atoms with Gasteiger partial charge >= 0.3 is 0 Å².